The summed E-state index contributed by atoms with van der Waals surface area (Å²) in [4.78, 5) is 23.8. The summed E-state index contributed by atoms with van der Waals surface area (Å²) in [5.41, 5.74) is 0.724. The summed E-state index contributed by atoms with van der Waals surface area (Å²) in [5, 5.41) is 5.01. The molecule has 1 atom stereocenters. The Morgan fingerprint density at radius 3 is 2.52 bits per heavy atom. The normalized spacial score (nSPS) is 16.1. The maximum atomic E-state index is 12.0. The molecule has 1 aromatic rings. The molecule has 2 N–H and O–H groups in total. The largest absolute Gasteiger partial charge is 0.483 e. The molecule has 0 aliphatic heterocycles. The number of nitrogens with one attached hydrogen (secondary N) is 2. The Hall–Kier alpha value is -2.04. The standard InChI is InChI=1S/C24H38N2O3/c1-18(16-19-10-6-5-7-11-19)14-15-20-12-8-9-13-21(20)29-17-22(27)25-23(28)26-24(2,3)4/h8-9,12-13,18-19H,5-7,10-11,14-17H2,1-4H3,(H2,25,26,27,28). The van der Waals surface area contributed by atoms with Crippen LogP contribution >= 0.6 is 0 Å². The van der Waals surface area contributed by atoms with Gasteiger partial charge in [-0.2, -0.15) is 0 Å². The molecule has 1 aliphatic rings. The number of benzene rings is 1. The topological polar surface area (TPSA) is 67.4 Å². The Morgan fingerprint density at radius 2 is 1.83 bits per heavy atom. The third-order valence-corrected chi connectivity index (χ3v) is 5.44. The van der Waals surface area contributed by atoms with Gasteiger partial charge >= 0.3 is 6.03 Å². The van der Waals surface area contributed by atoms with Crippen LogP contribution < -0.4 is 15.4 Å². The van der Waals surface area contributed by atoms with Gasteiger partial charge in [0.2, 0.25) is 0 Å². The maximum absolute atomic E-state index is 12.0. The van der Waals surface area contributed by atoms with Crippen molar-refractivity contribution < 1.29 is 14.3 Å². The Balaban J connectivity index is 1.78. The molecule has 162 valence electrons. The average Bonchev–Trinajstić information content (AvgIpc) is 2.64. The number of carbonyl (C=O) groups excluding carboxylic acids is 2. The summed E-state index contributed by atoms with van der Waals surface area (Å²) in [5.74, 6) is 1.86. The monoisotopic (exact) mass is 402 g/mol. The molecular weight excluding hydrogens is 364 g/mol. The van der Waals surface area contributed by atoms with Crippen molar-refractivity contribution in [2.24, 2.45) is 11.8 Å². The minimum atomic E-state index is -0.504. The summed E-state index contributed by atoms with van der Waals surface area (Å²) in [6.45, 7) is 7.75. The molecule has 0 radical (unpaired) electrons. The van der Waals surface area contributed by atoms with E-state index in [1.807, 2.05) is 39.0 Å². The van der Waals surface area contributed by atoms with Crippen LogP contribution in [-0.2, 0) is 11.2 Å². The first-order valence-electron chi connectivity index (χ1n) is 11.1. The molecule has 5 heteroatoms. The van der Waals surface area contributed by atoms with Gasteiger partial charge in [-0.25, -0.2) is 4.79 Å². The number of urea groups is 1. The zero-order valence-corrected chi connectivity index (χ0v) is 18.6. The number of para-hydroxylation sites is 1. The van der Waals surface area contributed by atoms with Gasteiger partial charge in [0.1, 0.15) is 5.75 Å². The van der Waals surface area contributed by atoms with Crippen LogP contribution in [0.15, 0.2) is 24.3 Å². The quantitative estimate of drug-likeness (QED) is 0.626. The van der Waals surface area contributed by atoms with Crippen molar-refractivity contribution in [3.05, 3.63) is 29.8 Å². The van der Waals surface area contributed by atoms with E-state index in [0.29, 0.717) is 5.92 Å². The molecule has 1 saturated carbocycles. The number of amides is 3. The van der Waals surface area contributed by atoms with Crippen molar-refractivity contribution in [3.63, 3.8) is 0 Å². The first kappa shape index (κ1) is 23.2. The van der Waals surface area contributed by atoms with Gasteiger partial charge in [-0.15, -0.1) is 0 Å². The van der Waals surface area contributed by atoms with Gasteiger partial charge in [-0.1, -0.05) is 57.2 Å². The Morgan fingerprint density at radius 1 is 1.14 bits per heavy atom. The maximum Gasteiger partial charge on any atom is 0.321 e. The number of hydrogen-bond acceptors (Lipinski definition) is 3. The highest BCUT2D eigenvalue weighted by Gasteiger charge is 2.18. The lowest BCUT2D eigenvalue weighted by atomic mass is 9.82. The van der Waals surface area contributed by atoms with Crippen LogP contribution in [0.2, 0.25) is 0 Å². The fraction of sp³-hybridized carbons (Fsp3) is 0.667. The molecule has 0 bridgehead atoms. The van der Waals surface area contributed by atoms with Crippen molar-refractivity contribution in [1.82, 2.24) is 10.6 Å². The fourth-order valence-electron chi connectivity index (χ4n) is 4.04. The molecule has 1 aliphatic carbocycles. The Bertz CT molecular complexity index is 660. The van der Waals surface area contributed by atoms with Crippen LogP contribution in [0.1, 0.15) is 78.2 Å². The molecule has 1 unspecified atom stereocenters. The van der Waals surface area contributed by atoms with E-state index in [9.17, 15) is 9.59 Å². The number of rotatable bonds is 8. The number of imide groups is 1. The van der Waals surface area contributed by atoms with Crippen LogP contribution in [0, 0.1) is 11.8 Å². The van der Waals surface area contributed by atoms with Crippen LogP contribution in [0.3, 0.4) is 0 Å². The number of carbonyl (C=O) groups is 2. The van der Waals surface area contributed by atoms with Gasteiger partial charge in [-0.05, 0) is 63.5 Å². The smallest absolute Gasteiger partial charge is 0.321 e. The summed E-state index contributed by atoms with van der Waals surface area (Å²) in [6, 6.07) is 7.37. The molecule has 1 aromatic carbocycles. The first-order valence-corrected chi connectivity index (χ1v) is 11.1. The second-order valence-electron chi connectivity index (χ2n) is 9.53. The molecule has 0 spiro atoms. The predicted molar refractivity (Wildman–Crippen MR) is 117 cm³/mol. The molecule has 5 nitrogen and oxygen atoms in total. The van der Waals surface area contributed by atoms with Gasteiger partial charge in [0, 0.05) is 5.54 Å². The lowest BCUT2D eigenvalue weighted by molar-refractivity contribution is -0.122. The molecule has 0 saturated heterocycles. The lowest BCUT2D eigenvalue weighted by Gasteiger charge is -2.24. The highest BCUT2D eigenvalue weighted by Crippen LogP contribution is 2.31. The first-order chi connectivity index (χ1) is 13.7. The van der Waals surface area contributed by atoms with E-state index >= 15 is 0 Å². The van der Waals surface area contributed by atoms with Crippen molar-refractivity contribution in [1.29, 1.82) is 0 Å². The summed E-state index contributed by atoms with van der Waals surface area (Å²) < 4.78 is 5.72. The number of ether oxygens (including phenoxy) is 1. The van der Waals surface area contributed by atoms with E-state index in [-0.39, 0.29) is 6.61 Å². The molecule has 1 fully saturated rings. The summed E-state index contributed by atoms with van der Waals surface area (Å²) in [6.07, 6.45) is 10.3. The Kier molecular flexibility index (Phi) is 8.99. The number of aryl methyl sites for hydroxylation is 1. The van der Waals surface area contributed by atoms with E-state index in [1.165, 1.54) is 38.5 Å². The van der Waals surface area contributed by atoms with Crippen molar-refractivity contribution in [2.75, 3.05) is 6.61 Å². The Labute approximate surface area is 176 Å². The van der Waals surface area contributed by atoms with E-state index in [0.717, 1.165) is 30.1 Å². The zero-order valence-electron chi connectivity index (χ0n) is 18.6. The SMILES string of the molecule is CC(CCc1ccccc1OCC(=O)NC(=O)NC(C)(C)C)CC1CCCCC1. The van der Waals surface area contributed by atoms with E-state index in [1.54, 1.807) is 0 Å². The molecule has 29 heavy (non-hydrogen) atoms. The van der Waals surface area contributed by atoms with E-state index in [4.69, 9.17) is 4.74 Å². The lowest BCUT2D eigenvalue weighted by Crippen LogP contribution is -2.49. The molecule has 0 heterocycles. The fourth-order valence-corrected chi connectivity index (χ4v) is 4.04. The van der Waals surface area contributed by atoms with Crippen molar-refractivity contribution in [3.8, 4) is 5.75 Å². The minimum Gasteiger partial charge on any atom is -0.483 e. The molecule has 2 rings (SSSR count). The van der Waals surface area contributed by atoms with Crippen molar-refractivity contribution in [2.45, 2.75) is 84.6 Å². The predicted octanol–water partition coefficient (Wildman–Crippen LogP) is 5.23. The van der Waals surface area contributed by atoms with Gasteiger partial charge in [0.25, 0.3) is 5.91 Å². The zero-order chi connectivity index (χ0) is 21.3. The molecule has 3 amide bonds. The van der Waals surface area contributed by atoms with Gasteiger partial charge < -0.3 is 10.1 Å². The van der Waals surface area contributed by atoms with Crippen LogP contribution in [0.5, 0.6) is 5.75 Å². The number of hydrogen-bond donors (Lipinski definition) is 2. The van der Waals surface area contributed by atoms with E-state index in [2.05, 4.69) is 23.6 Å². The average molecular weight is 403 g/mol. The summed E-state index contributed by atoms with van der Waals surface area (Å²) in [7, 11) is 0. The molecular formula is C24H38N2O3. The van der Waals surface area contributed by atoms with Crippen molar-refractivity contribution >= 4 is 11.9 Å². The second-order valence-corrected chi connectivity index (χ2v) is 9.53. The highest BCUT2D eigenvalue weighted by molar-refractivity contribution is 5.95. The van der Waals surface area contributed by atoms with E-state index < -0.39 is 17.5 Å². The third kappa shape index (κ3) is 9.33. The van der Waals surface area contributed by atoms with Gasteiger partial charge in [-0.3, -0.25) is 10.1 Å². The van der Waals surface area contributed by atoms with Crippen LogP contribution in [0.4, 0.5) is 4.79 Å². The van der Waals surface area contributed by atoms with Gasteiger partial charge in [0.05, 0.1) is 0 Å². The van der Waals surface area contributed by atoms with Gasteiger partial charge in [0.15, 0.2) is 6.61 Å². The van der Waals surface area contributed by atoms with Crippen LogP contribution in [0.25, 0.3) is 0 Å². The second kappa shape index (κ2) is 11.2. The highest BCUT2D eigenvalue weighted by atomic mass is 16.5. The third-order valence-electron chi connectivity index (χ3n) is 5.44. The molecule has 0 aromatic heterocycles. The minimum absolute atomic E-state index is 0.174. The summed E-state index contributed by atoms with van der Waals surface area (Å²) >= 11 is 0. The van der Waals surface area contributed by atoms with Crippen LogP contribution in [-0.4, -0.2) is 24.1 Å².